The number of nitrogens with zero attached hydrogens (tertiary/aromatic N) is 1. The lowest BCUT2D eigenvalue weighted by Crippen LogP contribution is -2.22. The fraction of sp³-hybridized carbons (Fsp3) is 0.538. The molecular formula is C13H16N2O2S2. The molecule has 0 amide bonds. The maximum atomic E-state index is 12.2. The highest BCUT2D eigenvalue weighted by Crippen LogP contribution is 2.28. The summed E-state index contributed by atoms with van der Waals surface area (Å²) in [7, 11) is 0. The van der Waals surface area contributed by atoms with E-state index in [4.69, 9.17) is 17.0 Å². The van der Waals surface area contributed by atoms with E-state index in [0.717, 1.165) is 29.2 Å². The molecule has 0 spiro atoms. The summed E-state index contributed by atoms with van der Waals surface area (Å²) >= 11 is 6.68. The van der Waals surface area contributed by atoms with Gasteiger partial charge in [0.1, 0.15) is 4.70 Å². The molecule has 4 nitrogen and oxygen atoms in total. The first-order chi connectivity index (χ1) is 9.25. The number of hydrogen-bond donors (Lipinski definition) is 1. The summed E-state index contributed by atoms with van der Waals surface area (Å²) in [6.45, 7) is 2.18. The molecule has 0 unspecified atom stereocenters. The summed E-state index contributed by atoms with van der Waals surface area (Å²) in [4.78, 5) is 15.3. The van der Waals surface area contributed by atoms with Crippen molar-refractivity contribution in [1.29, 1.82) is 0 Å². The van der Waals surface area contributed by atoms with Crippen molar-refractivity contribution in [2.45, 2.75) is 25.8 Å². The Morgan fingerprint density at radius 2 is 2.37 bits per heavy atom. The lowest BCUT2D eigenvalue weighted by Gasteiger charge is -2.07. The molecule has 102 valence electrons. The third kappa shape index (κ3) is 2.96. The lowest BCUT2D eigenvalue weighted by atomic mass is 10.4. The normalized spacial score (nSPS) is 15.2. The second-order valence-corrected chi connectivity index (χ2v) is 6.23. The van der Waals surface area contributed by atoms with Crippen LogP contribution in [0.1, 0.15) is 19.3 Å². The van der Waals surface area contributed by atoms with E-state index in [1.54, 1.807) is 4.57 Å². The molecule has 0 aromatic carbocycles. The number of aromatic amines is 1. The third-order valence-electron chi connectivity index (χ3n) is 3.31. The predicted molar refractivity (Wildman–Crippen MR) is 79.4 cm³/mol. The molecule has 2 aromatic rings. The first-order valence-corrected chi connectivity index (χ1v) is 7.82. The Kier molecular flexibility index (Phi) is 3.81. The van der Waals surface area contributed by atoms with Gasteiger partial charge in [0.05, 0.1) is 5.52 Å². The predicted octanol–water partition coefficient (Wildman–Crippen LogP) is 2.94. The van der Waals surface area contributed by atoms with Crippen LogP contribution in [0.5, 0.6) is 0 Å². The number of H-pyrrole nitrogens is 1. The van der Waals surface area contributed by atoms with Crippen molar-refractivity contribution in [1.82, 2.24) is 9.55 Å². The second-order valence-electron chi connectivity index (χ2n) is 4.92. The van der Waals surface area contributed by atoms with Gasteiger partial charge in [-0.05, 0) is 48.8 Å². The fourth-order valence-corrected chi connectivity index (χ4v) is 3.11. The Hall–Kier alpha value is -0.980. The van der Waals surface area contributed by atoms with Crippen LogP contribution in [0.25, 0.3) is 10.2 Å². The summed E-state index contributed by atoms with van der Waals surface area (Å²) < 4.78 is 8.45. The summed E-state index contributed by atoms with van der Waals surface area (Å²) in [5.74, 6) is 0.785. The molecule has 0 saturated heterocycles. The molecule has 1 N–H and O–H groups in total. The van der Waals surface area contributed by atoms with Crippen molar-refractivity contribution in [3.63, 3.8) is 0 Å². The summed E-state index contributed by atoms with van der Waals surface area (Å²) in [6, 6.07) is 1.89. The number of ether oxygens (including phenoxy) is 1. The van der Waals surface area contributed by atoms with E-state index in [0.29, 0.717) is 17.9 Å². The smallest absolute Gasteiger partial charge is 0.272 e. The number of rotatable bonds is 6. The molecule has 2 heterocycles. The van der Waals surface area contributed by atoms with Crippen LogP contribution in [-0.4, -0.2) is 22.8 Å². The minimum absolute atomic E-state index is 0.0101. The van der Waals surface area contributed by atoms with Crippen LogP contribution >= 0.6 is 23.6 Å². The number of aromatic nitrogens is 2. The first kappa shape index (κ1) is 13.0. The number of hydrogen-bond acceptors (Lipinski definition) is 4. The zero-order valence-corrected chi connectivity index (χ0v) is 12.2. The highest BCUT2D eigenvalue weighted by Gasteiger charge is 2.20. The van der Waals surface area contributed by atoms with Crippen LogP contribution in [0.15, 0.2) is 16.2 Å². The van der Waals surface area contributed by atoms with Crippen molar-refractivity contribution in [3.8, 4) is 0 Å². The topological polar surface area (TPSA) is 47.0 Å². The van der Waals surface area contributed by atoms with Crippen molar-refractivity contribution >= 4 is 33.8 Å². The Morgan fingerprint density at radius 1 is 1.53 bits per heavy atom. The minimum Gasteiger partial charge on any atom is -0.381 e. The van der Waals surface area contributed by atoms with Crippen LogP contribution < -0.4 is 5.56 Å². The molecule has 1 aliphatic rings. The van der Waals surface area contributed by atoms with Gasteiger partial charge in [-0.15, -0.1) is 11.3 Å². The molecular weight excluding hydrogens is 280 g/mol. The largest absolute Gasteiger partial charge is 0.381 e. The van der Waals surface area contributed by atoms with E-state index in [-0.39, 0.29) is 5.56 Å². The Labute approximate surface area is 120 Å². The molecule has 0 atom stereocenters. The second kappa shape index (κ2) is 5.56. The standard InChI is InChI=1S/C13H16N2O2S2/c16-12-11-10(4-7-19-11)14-13(18)15(12)5-1-6-17-8-9-2-3-9/h4,7,9H,1-3,5-6,8H2,(H,14,18). The van der Waals surface area contributed by atoms with Gasteiger partial charge in [0, 0.05) is 19.8 Å². The van der Waals surface area contributed by atoms with E-state index >= 15 is 0 Å². The lowest BCUT2D eigenvalue weighted by molar-refractivity contribution is 0.119. The molecule has 1 aliphatic carbocycles. The van der Waals surface area contributed by atoms with Crippen LogP contribution in [0.4, 0.5) is 0 Å². The van der Waals surface area contributed by atoms with Gasteiger partial charge in [-0.2, -0.15) is 0 Å². The SMILES string of the molecule is O=c1c2sccc2[nH]c(=S)n1CCCOCC1CC1. The average Bonchev–Trinajstić information content (AvgIpc) is 3.09. The Balaban J connectivity index is 1.65. The molecule has 1 saturated carbocycles. The van der Waals surface area contributed by atoms with Crippen LogP contribution in [0, 0.1) is 10.7 Å². The molecule has 0 bridgehead atoms. The van der Waals surface area contributed by atoms with Gasteiger partial charge >= 0.3 is 0 Å². The highest BCUT2D eigenvalue weighted by atomic mass is 32.1. The van der Waals surface area contributed by atoms with Gasteiger partial charge in [-0.25, -0.2) is 0 Å². The van der Waals surface area contributed by atoms with Gasteiger partial charge in [-0.3, -0.25) is 9.36 Å². The van der Waals surface area contributed by atoms with Gasteiger partial charge in [0.15, 0.2) is 4.77 Å². The van der Waals surface area contributed by atoms with E-state index in [2.05, 4.69) is 4.98 Å². The molecule has 0 radical (unpaired) electrons. The van der Waals surface area contributed by atoms with Crippen LogP contribution in [0.2, 0.25) is 0 Å². The quantitative estimate of drug-likeness (QED) is 0.658. The number of fused-ring (bicyclic) bond motifs is 1. The summed E-state index contributed by atoms with van der Waals surface area (Å²) in [6.07, 6.45) is 3.43. The number of nitrogens with one attached hydrogen (secondary N) is 1. The summed E-state index contributed by atoms with van der Waals surface area (Å²) in [5.41, 5.74) is 0.845. The highest BCUT2D eigenvalue weighted by molar-refractivity contribution is 7.71. The van der Waals surface area contributed by atoms with Crippen molar-refractivity contribution in [2.75, 3.05) is 13.2 Å². The molecule has 19 heavy (non-hydrogen) atoms. The zero-order valence-electron chi connectivity index (χ0n) is 10.6. The Morgan fingerprint density at radius 3 is 3.16 bits per heavy atom. The third-order valence-corrected chi connectivity index (χ3v) is 4.54. The number of thiophene rings is 1. The van der Waals surface area contributed by atoms with Crippen molar-refractivity contribution in [2.24, 2.45) is 5.92 Å². The van der Waals surface area contributed by atoms with Gasteiger partial charge in [0.2, 0.25) is 0 Å². The first-order valence-electron chi connectivity index (χ1n) is 6.54. The zero-order chi connectivity index (χ0) is 13.2. The van der Waals surface area contributed by atoms with Crippen molar-refractivity contribution in [3.05, 3.63) is 26.6 Å². The molecule has 3 rings (SSSR count). The molecule has 2 aromatic heterocycles. The molecule has 1 fully saturated rings. The summed E-state index contributed by atoms with van der Waals surface area (Å²) in [5, 5.41) is 1.90. The van der Waals surface area contributed by atoms with E-state index < -0.39 is 0 Å². The maximum absolute atomic E-state index is 12.2. The van der Waals surface area contributed by atoms with E-state index in [1.165, 1.54) is 24.2 Å². The van der Waals surface area contributed by atoms with Crippen LogP contribution in [0.3, 0.4) is 0 Å². The van der Waals surface area contributed by atoms with Gasteiger partial charge < -0.3 is 9.72 Å². The van der Waals surface area contributed by atoms with Crippen LogP contribution in [-0.2, 0) is 11.3 Å². The van der Waals surface area contributed by atoms with Gasteiger partial charge in [-0.1, -0.05) is 0 Å². The van der Waals surface area contributed by atoms with Crippen molar-refractivity contribution < 1.29 is 4.74 Å². The maximum Gasteiger partial charge on any atom is 0.272 e. The molecule has 0 aliphatic heterocycles. The van der Waals surface area contributed by atoms with E-state index in [1.807, 2.05) is 11.4 Å². The fourth-order valence-electron chi connectivity index (χ4n) is 2.03. The Bertz CT molecular complexity index is 682. The minimum atomic E-state index is 0.0101. The van der Waals surface area contributed by atoms with E-state index in [9.17, 15) is 4.79 Å². The average molecular weight is 296 g/mol. The van der Waals surface area contributed by atoms with Gasteiger partial charge in [0.25, 0.3) is 5.56 Å². The molecule has 6 heteroatoms. The monoisotopic (exact) mass is 296 g/mol.